The molecule has 5 nitrogen and oxygen atoms in total. The Hall–Kier alpha value is -2.82. The molecule has 0 saturated heterocycles. The molecule has 1 aliphatic heterocycles. The van der Waals surface area contributed by atoms with Crippen LogP contribution in [0.5, 0.6) is 0 Å². The number of oxime groups is 1. The highest BCUT2D eigenvalue weighted by atomic mass is 16.6. The molecule has 28 heavy (non-hydrogen) atoms. The summed E-state index contributed by atoms with van der Waals surface area (Å²) in [6.45, 7) is 9.02. The van der Waals surface area contributed by atoms with Gasteiger partial charge in [0, 0.05) is 18.5 Å². The Morgan fingerprint density at radius 3 is 2.46 bits per heavy atom. The summed E-state index contributed by atoms with van der Waals surface area (Å²) in [4.78, 5) is 20.3. The molecule has 0 bridgehead atoms. The molecule has 0 aliphatic carbocycles. The second-order valence-electron chi connectivity index (χ2n) is 8.38. The van der Waals surface area contributed by atoms with Crippen LogP contribution in [-0.2, 0) is 11.4 Å². The van der Waals surface area contributed by atoms with Gasteiger partial charge in [-0.1, -0.05) is 65.3 Å². The van der Waals surface area contributed by atoms with Crippen molar-refractivity contribution < 1.29 is 9.63 Å². The second kappa shape index (κ2) is 8.46. The topological polar surface area (TPSA) is 53.9 Å². The number of aryl methyl sites for hydroxylation is 1. The quantitative estimate of drug-likeness (QED) is 0.832. The van der Waals surface area contributed by atoms with Gasteiger partial charge in [0.15, 0.2) is 6.10 Å². The zero-order valence-electron chi connectivity index (χ0n) is 17.1. The number of benzene rings is 2. The molecule has 5 heteroatoms. The van der Waals surface area contributed by atoms with Crippen LogP contribution in [-0.4, -0.2) is 34.8 Å². The first kappa shape index (κ1) is 19.9. The van der Waals surface area contributed by atoms with Crippen molar-refractivity contribution in [2.75, 3.05) is 6.54 Å². The summed E-state index contributed by atoms with van der Waals surface area (Å²) < 4.78 is 0. The maximum atomic E-state index is 12.9. The predicted molar refractivity (Wildman–Crippen MR) is 112 cm³/mol. The zero-order chi connectivity index (χ0) is 20.1. The normalized spacial score (nSPS) is 16.3. The van der Waals surface area contributed by atoms with Gasteiger partial charge in [0.2, 0.25) is 0 Å². The van der Waals surface area contributed by atoms with Crippen molar-refractivity contribution in [2.24, 2.45) is 5.16 Å². The third-order valence-corrected chi connectivity index (χ3v) is 4.53. The van der Waals surface area contributed by atoms with Crippen LogP contribution in [0, 0.1) is 6.92 Å². The lowest BCUT2D eigenvalue weighted by molar-refractivity contribution is 0.0580. The zero-order valence-corrected chi connectivity index (χ0v) is 17.1. The van der Waals surface area contributed by atoms with Crippen LogP contribution in [0.2, 0.25) is 0 Å². The molecule has 2 aromatic rings. The molecule has 1 atom stereocenters. The van der Waals surface area contributed by atoms with Crippen molar-refractivity contribution in [2.45, 2.75) is 52.3 Å². The van der Waals surface area contributed by atoms with E-state index in [9.17, 15) is 4.79 Å². The second-order valence-corrected chi connectivity index (χ2v) is 8.38. The molecule has 0 radical (unpaired) electrons. The summed E-state index contributed by atoms with van der Waals surface area (Å²) in [5, 5.41) is 7.33. The molecule has 148 valence electrons. The molecule has 3 rings (SSSR count). The lowest BCUT2D eigenvalue weighted by atomic mass is 10.0. The van der Waals surface area contributed by atoms with E-state index in [1.165, 1.54) is 5.56 Å². The van der Waals surface area contributed by atoms with Crippen LogP contribution in [0.3, 0.4) is 0 Å². The van der Waals surface area contributed by atoms with E-state index in [4.69, 9.17) is 4.84 Å². The molecule has 1 aliphatic rings. The highest BCUT2D eigenvalue weighted by Gasteiger charge is 2.28. The Morgan fingerprint density at radius 2 is 1.82 bits per heavy atom. The number of carbonyl (C=O) groups excluding carboxylic acids is 1. The van der Waals surface area contributed by atoms with E-state index in [0.717, 1.165) is 16.8 Å². The van der Waals surface area contributed by atoms with Crippen LogP contribution in [0.25, 0.3) is 0 Å². The first-order valence-electron chi connectivity index (χ1n) is 9.71. The van der Waals surface area contributed by atoms with Gasteiger partial charge in [-0.25, -0.2) is 4.79 Å². The minimum Gasteiger partial charge on any atom is -0.390 e. The monoisotopic (exact) mass is 379 g/mol. The summed E-state index contributed by atoms with van der Waals surface area (Å²) in [6, 6.07) is 18.2. The van der Waals surface area contributed by atoms with Crippen LogP contribution >= 0.6 is 0 Å². The third kappa shape index (κ3) is 5.59. The van der Waals surface area contributed by atoms with Crippen molar-refractivity contribution in [3.05, 3.63) is 71.3 Å². The van der Waals surface area contributed by atoms with Gasteiger partial charge >= 0.3 is 6.03 Å². The number of urea groups is 1. The van der Waals surface area contributed by atoms with E-state index < -0.39 is 0 Å². The molecular formula is C23H29N3O2. The van der Waals surface area contributed by atoms with Gasteiger partial charge in [-0.3, -0.25) is 0 Å². The Balaban J connectivity index is 1.67. The largest absolute Gasteiger partial charge is 0.390 e. The first-order chi connectivity index (χ1) is 13.3. The molecule has 0 saturated carbocycles. The number of hydrogen-bond acceptors (Lipinski definition) is 3. The SMILES string of the molecule is Cc1ccc(C2=NO[C@@H](CN(Cc3ccccc3)C(=O)NC(C)(C)C)C2)cc1. The molecule has 0 fully saturated rings. The van der Waals surface area contributed by atoms with Gasteiger partial charge in [0.05, 0.1) is 12.3 Å². The Labute approximate surface area is 167 Å². The maximum Gasteiger partial charge on any atom is 0.318 e. The van der Waals surface area contributed by atoms with Gasteiger partial charge in [-0.2, -0.15) is 0 Å². The summed E-state index contributed by atoms with van der Waals surface area (Å²) in [5.41, 5.74) is 4.01. The molecule has 1 N–H and O–H groups in total. The van der Waals surface area contributed by atoms with Gasteiger partial charge in [0.1, 0.15) is 0 Å². The molecule has 2 aromatic carbocycles. The fourth-order valence-electron chi connectivity index (χ4n) is 3.11. The number of hydrogen-bond donors (Lipinski definition) is 1. The van der Waals surface area contributed by atoms with E-state index in [2.05, 4.69) is 41.7 Å². The van der Waals surface area contributed by atoms with Crippen LogP contribution in [0.1, 0.15) is 43.9 Å². The van der Waals surface area contributed by atoms with Crippen molar-refractivity contribution in [3.8, 4) is 0 Å². The van der Waals surface area contributed by atoms with Crippen molar-refractivity contribution in [1.29, 1.82) is 0 Å². The Bertz CT molecular complexity index is 823. The predicted octanol–water partition coefficient (Wildman–Crippen LogP) is 4.50. The molecular weight excluding hydrogens is 350 g/mol. The standard InChI is InChI=1S/C23H29N3O2/c1-17-10-12-19(13-11-17)21-14-20(28-25-21)16-26(22(27)24-23(2,3)4)15-18-8-6-5-7-9-18/h5-13,20H,14-16H2,1-4H3,(H,24,27)/t20-/m1/s1. The number of nitrogens with one attached hydrogen (secondary N) is 1. The number of carbonyl (C=O) groups is 1. The molecule has 0 aromatic heterocycles. The van der Waals surface area contributed by atoms with Crippen molar-refractivity contribution in [1.82, 2.24) is 10.2 Å². The minimum atomic E-state index is -0.299. The van der Waals surface area contributed by atoms with Crippen LogP contribution in [0.4, 0.5) is 4.79 Å². The van der Waals surface area contributed by atoms with E-state index in [1.54, 1.807) is 4.90 Å². The average molecular weight is 380 g/mol. The third-order valence-electron chi connectivity index (χ3n) is 4.53. The van der Waals surface area contributed by atoms with E-state index in [1.807, 2.05) is 51.1 Å². The van der Waals surface area contributed by atoms with E-state index in [-0.39, 0.29) is 17.7 Å². The molecule has 0 spiro atoms. The molecule has 2 amide bonds. The summed E-state index contributed by atoms with van der Waals surface area (Å²) in [6.07, 6.45) is 0.544. The summed E-state index contributed by atoms with van der Waals surface area (Å²) >= 11 is 0. The van der Waals surface area contributed by atoms with E-state index >= 15 is 0 Å². The number of amides is 2. The highest BCUT2D eigenvalue weighted by Crippen LogP contribution is 2.19. The number of rotatable bonds is 5. The van der Waals surface area contributed by atoms with Gasteiger partial charge in [-0.15, -0.1) is 0 Å². The van der Waals surface area contributed by atoms with Crippen LogP contribution in [0.15, 0.2) is 59.8 Å². The fraction of sp³-hybridized carbons (Fsp3) is 0.391. The molecule has 0 unspecified atom stereocenters. The molecule has 1 heterocycles. The van der Waals surface area contributed by atoms with Crippen LogP contribution < -0.4 is 5.32 Å². The maximum absolute atomic E-state index is 12.9. The minimum absolute atomic E-state index is 0.0938. The van der Waals surface area contributed by atoms with E-state index in [0.29, 0.717) is 19.5 Å². The highest BCUT2D eigenvalue weighted by molar-refractivity contribution is 6.01. The smallest absolute Gasteiger partial charge is 0.318 e. The van der Waals surface area contributed by atoms with Crippen molar-refractivity contribution >= 4 is 11.7 Å². The average Bonchev–Trinajstić information content (AvgIpc) is 3.10. The van der Waals surface area contributed by atoms with Crippen molar-refractivity contribution in [3.63, 3.8) is 0 Å². The van der Waals surface area contributed by atoms with Gasteiger partial charge in [0.25, 0.3) is 0 Å². The summed E-state index contributed by atoms with van der Waals surface area (Å²) in [7, 11) is 0. The Morgan fingerprint density at radius 1 is 1.14 bits per heavy atom. The lowest BCUT2D eigenvalue weighted by Gasteiger charge is -2.29. The summed E-state index contributed by atoms with van der Waals surface area (Å²) in [5.74, 6) is 0. The fourth-order valence-corrected chi connectivity index (χ4v) is 3.11. The Kier molecular flexibility index (Phi) is 6.02. The number of nitrogens with zero attached hydrogens (tertiary/aromatic N) is 2. The first-order valence-corrected chi connectivity index (χ1v) is 9.71. The lowest BCUT2D eigenvalue weighted by Crippen LogP contribution is -2.50. The van der Waals surface area contributed by atoms with Gasteiger partial charge in [-0.05, 0) is 38.8 Å². The van der Waals surface area contributed by atoms with Gasteiger partial charge < -0.3 is 15.1 Å².